The summed E-state index contributed by atoms with van der Waals surface area (Å²) in [5.41, 5.74) is 6.00. The van der Waals surface area contributed by atoms with Gasteiger partial charge in [0, 0.05) is 32.4 Å². The number of hydrogen-bond donors (Lipinski definition) is 2. The largest absolute Gasteiger partial charge is 0.492 e. The number of amides is 1. The number of anilines is 1. The first-order valence-electron chi connectivity index (χ1n) is 7.10. The van der Waals surface area contributed by atoms with Gasteiger partial charge in [-0.3, -0.25) is 4.79 Å². The Hall–Kier alpha value is -2.36. The molecule has 24 heavy (non-hydrogen) atoms. The molecule has 3 N–H and O–H groups in total. The number of nitrogens with one attached hydrogen (secondary N) is 1. The molecule has 0 saturated heterocycles. The molecule has 0 bridgehead atoms. The highest BCUT2D eigenvalue weighted by atomic mass is 32.2. The molecule has 0 spiro atoms. The van der Waals surface area contributed by atoms with Crippen LogP contribution in [-0.4, -0.2) is 45.9 Å². The molecule has 130 valence electrons. The minimum Gasteiger partial charge on any atom is -0.492 e. The number of nitrogens with two attached hydrogens (primary N) is 1. The van der Waals surface area contributed by atoms with E-state index in [-0.39, 0.29) is 10.7 Å². The van der Waals surface area contributed by atoms with Gasteiger partial charge in [-0.15, -0.1) is 0 Å². The molecule has 9 heteroatoms. The lowest BCUT2D eigenvalue weighted by molar-refractivity contribution is 0.102. The summed E-state index contributed by atoms with van der Waals surface area (Å²) in [5, 5.41) is 2.36. The summed E-state index contributed by atoms with van der Waals surface area (Å²) in [4.78, 5) is 12.2. The van der Waals surface area contributed by atoms with Crippen LogP contribution in [0.25, 0.3) is 0 Å². The van der Waals surface area contributed by atoms with Crippen LogP contribution >= 0.6 is 0 Å². The zero-order valence-corrected chi connectivity index (χ0v) is 14.2. The van der Waals surface area contributed by atoms with Crippen LogP contribution in [-0.2, 0) is 10.0 Å². The monoisotopic (exact) mass is 353 g/mol. The first-order valence-corrected chi connectivity index (χ1v) is 8.54. The molecular formula is C15H19N3O5S. The van der Waals surface area contributed by atoms with Crippen molar-refractivity contribution in [3.63, 3.8) is 0 Å². The molecule has 2 rings (SSSR count). The molecule has 1 amide bonds. The molecule has 0 atom stereocenters. The highest BCUT2D eigenvalue weighted by Crippen LogP contribution is 2.19. The lowest BCUT2D eigenvalue weighted by Crippen LogP contribution is -2.21. The Kier molecular flexibility index (Phi) is 5.60. The lowest BCUT2D eigenvalue weighted by Gasteiger charge is -2.07. The number of hydrogen-bond acceptors (Lipinski definition) is 6. The third-order valence-corrected chi connectivity index (χ3v) is 4.76. The fourth-order valence-corrected chi connectivity index (χ4v) is 2.57. The molecule has 0 fully saturated rings. The molecule has 0 saturated carbocycles. The molecule has 1 aromatic heterocycles. The van der Waals surface area contributed by atoms with Crippen LogP contribution in [0.3, 0.4) is 0 Å². The number of furan rings is 1. The van der Waals surface area contributed by atoms with Crippen molar-refractivity contribution in [3.05, 3.63) is 42.2 Å². The van der Waals surface area contributed by atoms with Crippen molar-refractivity contribution in [2.45, 2.75) is 5.09 Å². The molecule has 0 aliphatic carbocycles. The van der Waals surface area contributed by atoms with Gasteiger partial charge in [-0.25, -0.2) is 12.7 Å². The van der Waals surface area contributed by atoms with E-state index < -0.39 is 15.9 Å². The zero-order chi connectivity index (χ0) is 17.7. The van der Waals surface area contributed by atoms with Crippen molar-refractivity contribution in [2.75, 3.05) is 32.6 Å². The maximum Gasteiger partial charge on any atom is 0.275 e. The Bertz CT molecular complexity index is 797. The molecule has 0 unspecified atom stereocenters. The van der Waals surface area contributed by atoms with Crippen molar-refractivity contribution < 1.29 is 22.4 Å². The van der Waals surface area contributed by atoms with Gasteiger partial charge in [0.2, 0.25) is 5.09 Å². The third-order valence-electron chi connectivity index (χ3n) is 3.07. The smallest absolute Gasteiger partial charge is 0.275 e. The number of rotatable bonds is 7. The molecule has 8 nitrogen and oxygen atoms in total. The minimum atomic E-state index is -3.72. The standard InChI is InChI=1S/C15H19N3O5S/c1-18(2)24(20,21)14-9-11(10-23-14)15(19)17-12-3-5-13(6-4-12)22-8-7-16/h3-6,9-10H,7-8,16H2,1-2H3,(H,17,19). The highest BCUT2D eigenvalue weighted by Gasteiger charge is 2.23. The van der Waals surface area contributed by atoms with Crippen LogP contribution in [0, 0.1) is 0 Å². The SMILES string of the molecule is CN(C)S(=O)(=O)c1cc(C(=O)Nc2ccc(OCCN)cc2)co1. The predicted molar refractivity (Wildman–Crippen MR) is 88.5 cm³/mol. The Morgan fingerprint density at radius 2 is 1.96 bits per heavy atom. The van der Waals surface area contributed by atoms with E-state index in [4.69, 9.17) is 14.9 Å². The molecule has 0 radical (unpaired) electrons. The average molecular weight is 353 g/mol. The quantitative estimate of drug-likeness (QED) is 0.771. The summed E-state index contributed by atoms with van der Waals surface area (Å²) in [5.74, 6) is 0.163. The van der Waals surface area contributed by atoms with Gasteiger partial charge in [-0.05, 0) is 24.3 Å². The number of sulfonamides is 1. The minimum absolute atomic E-state index is 0.110. The number of ether oxygens (including phenoxy) is 1. The van der Waals surface area contributed by atoms with Gasteiger partial charge in [0.05, 0.1) is 5.56 Å². The number of carbonyl (C=O) groups is 1. The summed E-state index contributed by atoms with van der Waals surface area (Å²) >= 11 is 0. The maximum atomic E-state index is 12.2. The Balaban J connectivity index is 2.06. The molecule has 0 aliphatic heterocycles. The second kappa shape index (κ2) is 7.47. The van der Waals surface area contributed by atoms with Gasteiger partial charge in [0.25, 0.3) is 15.9 Å². The fourth-order valence-electron chi connectivity index (χ4n) is 1.77. The van der Waals surface area contributed by atoms with Crippen molar-refractivity contribution in [3.8, 4) is 5.75 Å². The van der Waals surface area contributed by atoms with E-state index in [9.17, 15) is 13.2 Å². The Morgan fingerprint density at radius 3 is 2.54 bits per heavy atom. The van der Waals surface area contributed by atoms with Crippen LogP contribution in [0.1, 0.15) is 10.4 Å². The summed E-state index contributed by atoms with van der Waals surface area (Å²) < 4.78 is 35.2. The fraction of sp³-hybridized carbons (Fsp3) is 0.267. The van der Waals surface area contributed by atoms with Crippen LogP contribution in [0.2, 0.25) is 0 Å². The Labute approximate surface area is 140 Å². The van der Waals surface area contributed by atoms with Crippen LogP contribution < -0.4 is 15.8 Å². The average Bonchev–Trinajstić information content (AvgIpc) is 3.05. The first-order chi connectivity index (χ1) is 11.3. The predicted octanol–water partition coefficient (Wildman–Crippen LogP) is 1.12. The number of benzene rings is 1. The van der Waals surface area contributed by atoms with E-state index in [2.05, 4.69) is 5.32 Å². The number of carbonyl (C=O) groups excluding carboxylic acids is 1. The second-order valence-corrected chi connectivity index (χ2v) is 7.14. The topological polar surface area (TPSA) is 115 Å². The van der Waals surface area contributed by atoms with Gasteiger partial charge < -0.3 is 20.2 Å². The molecule has 2 aromatic rings. The zero-order valence-electron chi connectivity index (χ0n) is 13.4. The van der Waals surface area contributed by atoms with Crippen LogP contribution in [0.5, 0.6) is 5.75 Å². The summed E-state index contributed by atoms with van der Waals surface area (Å²) in [6, 6.07) is 7.91. The van der Waals surface area contributed by atoms with E-state index in [1.54, 1.807) is 24.3 Å². The van der Waals surface area contributed by atoms with Crippen molar-refractivity contribution in [1.29, 1.82) is 0 Å². The van der Waals surface area contributed by atoms with Gasteiger partial charge in [-0.2, -0.15) is 0 Å². The van der Waals surface area contributed by atoms with E-state index in [0.29, 0.717) is 24.6 Å². The van der Waals surface area contributed by atoms with E-state index >= 15 is 0 Å². The summed E-state index contributed by atoms with van der Waals surface area (Å²) in [7, 11) is -0.955. The van der Waals surface area contributed by atoms with Crippen LogP contribution in [0.15, 0.2) is 46.1 Å². The molecular weight excluding hydrogens is 334 g/mol. The summed E-state index contributed by atoms with van der Waals surface area (Å²) in [6.07, 6.45) is 1.10. The number of nitrogens with zero attached hydrogens (tertiary/aromatic N) is 1. The van der Waals surface area contributed by atoms with Gasteiger partial charge in [0.1, 0.15) is 18.6 Å². The van der Waals surface area contributed by atoms with E-state index in [1.807, 2.05) is 0 Å². The normalized spacial score (nSPS) is 11.5. The van der Waals surface area contributed by atoms with Gasteiger partial charge >= 0.3 is 0 Å². The van der Waals surface area contributed by atoms with Gasteiger partial charge in [0.15, 0.2) is 0 Å². The van der Waals surface area contributed by atoms with Crippen molar-refractivity contribution in [2.24, 2.45) is 5.73 Å². The molecule has 1 heterocycles. The lowest BCUT2D eigenvalue weighted by atomic mass is 10.2. The van der Waals surface area contributed by atoms with Crippen molar-refractivity contribution >= 4 is 21.6 Å². The Morgan fingerprint density at radius 1 is 1.29 bits per heavy atom. The van der Waals surface area contributed by atoms with E-state index in [0.717, 1.165) is 10.6 Å². The second-order valence-electron chi connectivity index (χ2n) is 5.06. The third kappa shape index (κ3) is 4.13. The van der Waals surface area contributed by atoms with E-state index in [1.165, 1.54) is 20.2 Å². The van der Waals surface area contributed by atoms with Gasteiger partial charge in [-0.1, -0.05) is 0 Å². The van der Waals surface area contributed by atoms with Crippen molar-refractivity contribution in [1.82, 2.24) is 4.31 Å². The molecule has 0 aliphatic rings. The van der Waals surface area contributed by atoms with Crippen LogP contribution in [0.4, 0.5) is 5.69 Å². The molecule has 1 aromatic carbocycles. The maximum absolute atomic E-state index is 12.2. The first kappa shape index (κ1) is 18.0. The highest BCUT2D eigenvalue weighted by molar-refractivity contribution is 7.88. The summed E-state index contributed by atoms with van der Waals surface area (Å²) in [6.45, 7) is 0.820.